The Morgan fingerprint density at radius 1 is 0.885 bits per heavy atom. The molecule has 26 heavy (non-hydrogen) atoms. The van der Waals surface area contributed by atoms with Gasteiger partial charge in [-0.2, -0.15) is 0 Å². The molecular formula is C25H36O. The molecule has 1 aromatic rings. The van der Waals surface area contributed by atoms with Gasteiger partial charge >= 0.3 is 0 Å². The molecule has 2 unspecified atom stereocenters. The van der Waals surface area contributed by atoms with Gasteiger partial charge in [-0.1, -0.05) is 45.2 Å². The molecule has 4 saturated carbocycles. The van der Waals surface area contributed by atoms with Crippen molar-refractivity contribution in [2.24, 2.45) is 34.5 Å². The first-order valence-corrected chi connectivity index (χ1v) is 11.3. The lowest BCUT2D eigenvalue weighted by atomic mass is 9.43. The molecule has 4 aliphatic rings. The van der Waals surface area contributed by atoms with E-state index >= 15 is 0 Å². The molecule has 0 saturated heterocycles. The van der Waals surface area contributed by atoms with Crippen molar-refractivity contribution in [2.75, 3.05) is 0 Å². The van der Waals surface area contributed by atoms with Crippen LogP contribution in [0, 0.1) is 34.5 Å². The molecule has 1 heteroatoms. The number of fused-ring (bicyclic) bond motifs is 5. The largest absolute Gasteiger partial charge is 0.508 e. The van der Waals surface area contributed by atoms with Crippen LogP contribution in [0.25, 0.3) is 0 Å². The third-order valence-corrected chi connectivity index (χ3v) is 9.70. The van der Waals surface area contributed by atoms with Crippen molar-refractivity contribution >= 4 is 0 Å². The van der Waals surface area contributed by atoms with E-state index < -0.39 is 0 Å². The first-order chi connectivity index (χ1) is 12.5. The van der Waals surface area contributed by atoms with Gasteiger partial charge in [0.15, 0.2) is 0 Å². The smallest absolute Gasteiger partial charge is 0.115 e. The molecule has 7 atom stereocenters. The maximum atomic E-state index is 10.1. The fourth-order valence-electron chi connectivity index (χ4n) is 8.52. The molecule has 0 bridgehead atoms. The van der Waals surface area contributed by atoms with Crippen LogP contribution >= 0.6 is 0 Å². The fourth-order valence-corrected chi connectivity index (χ4v) is 8.52. The van der Waals surface area contributed by atoms with Crippen molar-refractivity contribution in [3.05, 3.63) is 29.8 Å². The van der Waals surface area contributed by atoms with Gasteiger partial charge in [-0.25, -0.2) is 0 Å². The van der Waals surface area contributed by atoms with Crippen LogP contribution in [0.2, 0.25) is 0 Å². The normalized spacial score (nSPS) is 47.7. The molecule has 4 aliphatic carbocycles. The Morgan fingerprint density at radius 2 is 1.73 bits per heavy atom. The molecule has 1 N–H and O–H groups in total. The third-order valence-electron chi connectivity index (χ3n) is 9.70. The molecule has 1 nitrogen and oxygen atoms in total. The minimum absolute atomic E-state index is 0.455. The SMILES string of the molecule is C[C@@]12CCC[C@H]1[C@@H]1CC(c3cccc(O)c3)C3CCCC[C@]3(C)[C@@H]1CC2. The van der Waals surface area contributed by atoms with Crippen LogP contribution in [0.15, 0.2) is 24.3 Å². The van der Waals surface area contributed by atoms with E-state index in [0.717, 1.165) is 23.7 Å². The van der Waals surface area contributed by atoms with E-state index in [0.29, 0.717) is 22.5 Å². The maximum Gasteiger partial charge on any atom is 0.115 e. The number of hydrogen-bond acceptors (Lipinski definition) is 1. The molecule has 0 aliphatic heterocycles. The minimum atomic E-state index is 0.455. The maximum absolute atomic E-state index is 10.1. The Hall–Kier alpha value is -0.980. The summed E-state index contributed by atoms with van der Waals surface area (Å²) >= 11 is 0. The minimum Gasteiger partial charge on any atom is -0.508 e. The van der Waals surface area contributed by atoms with Gasteiger partial charge in [-0.3, -0.25) is 0 Å². The molecule has 142 valence electrons. The Kier molecular flexibility index (Phi) is 3.96. The first kappa shape index (κ1) is 17.1. The number of phenolic OH excluding ortho intramolecular Hbond substituents is 1. The summed E-state index contributed by atoms with van der Waals surface area (Å²) in [6.07, 6.45) is 14.5. The highest BCUT2D eigenvalue weighted by Crippen LogP contribution is 2.68. The molecule has 1 aromatic carbocycles. The van der Waals surface area contributed by atoms with Gasteiger partial charge in [0.05, 0.1) is 0 Å². The molecule has 0 heterocycles. The summed E-state index contributed by atoms with van der Waals surface area (Å²) in [6.45, 7) is 5.28. The quantitative estimate of drug-likeness (QED) is 0.582. The average Bonchev–Trinajstić information content (AvgIpc) is 3.02. The summed E-state index contributed by atoms with van der Waals surface area (Å²) < 4.78 is 0. The lowest BCUT2D eigenvalue weighted by Gasteiger charge is -2.62. The van der Waals surface area contributed by atoms with Gasteiger partial charge in [-0.05, 0) is 103 Å². The van der Waals surface area contributed by atoms with Gasteiger partial charge in [-0.15, -0.1) is 0 Å². The highest BCUT2D eigenvalue weighted by Gasteiger charge is 2.59. The number of aromatic hydroxyl groups is 1. The van der Waals surface area contributed by atoms with Gasteiger partial charge in [0.1, 0.15) is 5.75 Å². The van der Waals surface area contributed by atoms with E-state index in [9.17, 15) is 5.11 Å². The summed E-state index contributed by atoms with van der Waals surface area (Å²) in [4.78, 5) is 0. The second-order valence-electron chi connectivity index (χ2n) is 10.8. The van der Waals surface area contributed by atoms with E-state index in [1.54, 1.807) is 0 Å². The fraction of sp³-hybridized carbons (Fsp3) is 0.760. The number of phenols is 1. The van der Waals surface area contributed by atoms with Crippen LogP contribution in [-0.4, -0.2) is 5.11 Å². The predicted molar refractivity (Wildman–Crippen MR) is 107 cm³/mol. The van der Waals surface area contributed by atoms with Crippen molar-refractivity contribution in [1.82, 2.24) is 0 Å². The average molecular weight is 353 g/mol. The van der Waals surface area contributed by atoms with Crippen LogP contribution in [0.3, 0.4) is 0 Å². The van der Waals surface area contributed by atoms with Crippen molar-refractivity contribution in [3.63, 3.8) is 0 Å². The summed E-state index contributed by atoms with van der Waals surface area (Å²) in [7, 11) is 0. The highest BCUT2D eigenvalue weighted by atomic mass is 16.3. The van der Waals surface area contributed by atoms with Crippen molar-refractivity contribution in [1.29, 1.82) is 0 Å². The molecule has 0 aromatic heterocycles. The van der Waals surface area contributed by atoms with E-state index in [-0.39, 0.29) is 0 Å². The second-order valence-corrected chi connectivity index (χ2v) is 10.8. The van der Waals surface area contributed by atoms with Crippen LogP contribution in [-0.2, 0) is 0 Å². The Balaban J connectivity index is 1.56. The standard InChI is InChI=1S/C25H36O/c1-24-12-6-10-21(24)20-16-19(17-7-5-8-18(26)15-17)22-9-3-4-13-25(22,2)23(20)11-14-24/h5,7-8,15,19-23,26H,3-4,6,9-14,16H2,1-2H3/t19?,20-,21-,22?,23+,24-,25-/m0/s1. The van der Waals surface area contributed by atoms with Gasteiger partial charge in [0.2, 0.25) is 0 Å². The van der Waals surface area contributed by atoms with Gasteiger partial charge < -0.3 is 5.11 Å². The molecular weight excluding hydrogens is 316 g/mol. The topological polar surface area (TPSA) is 20.2 Å². The monoisotopic (exact) mass is 352 g/mol. The van der Waals surface area contributed by atoms with Crippen LogP contribution in [0.5, 0.6) is 5.75 Å². The lowest BCUT2D eigenvalue weighted by Crippen LogP contribution is -2.54. The molecule has 5 rings (SSSR count). The van der Waals surface area contributed by atoms with Crippen LogP contribution in [0.1, 0.15) is 89.5 Å². The summed E-state index contributed by atoms with van der Waals surface area (Å²) in [5, 5.41) is 10.1. The van der Waals surface area contributed by atoms with Crippen molar-refractivity contribution in [3.8, 4) is 5.75 Å². The van der Waals surface area contributed by atoms with E-state index in [1.165, 1.54) is 69.8 Å². The highest BCUT2D eigenvalue weighted by molar-refractivity contribution is 5.32. The van der Waals surface area contributed by atoms with E-state index in [4.69, 9.17) is 0 Å². The predicted octanol–water partition coefficient (Wildman–Crippen LogP) is 6.91. The molecule has 0 radical (unpaired) electrons. The number of hydrogen-bond donors (Lipinski definition) is 1. The van der Waals surface area contributed by atoms with Crippen molar-refractivity contribution in [2.45, 2.75) is 84.0 Å². The number of benzene rings is 1. The number of rotatable bonds is 1. The Bertz CT molecular complexity index is 680. The van der Waals surface area contributed by atoms with Crippen LogP contribution in [0.4, 0.5) is 0 Å². The third kappa shape index (κ3) is 2.41. The molecule has 0 spiro atoms. The zero-order valence-corrected chi connectivity index (χ0v) is 16.7. The second kappa shape index (κ2) is 6.01. The molecule has 4 fully saturated rings. The lowest BCUT2D eigenvalue weighted by molar-refractivity contribution is -0.113. The molecule has 0 amide bonds. The van der Waals surface area contributed by atoms with E-state index in [1.807, 2.05) is 6.07 Å². The first-order valence-electron chi connectivity index (χ1n) is 11.3. The van der Waals surface area contributed by atoms with E-state index in [2.05, 4.69) is 32.0 Å². The van der Waals surface area contributed by atoms with Gasteiger partial charge in [0.25, 0.3) is 0 Å². The van der Waals surface area contributed by atoms with Gasteiger partial charge in [0, 0.05) is 0 Å². The zero-order chi connectivity index (χ0) is 17.9. The van der Waals surface area contributed by atoms with Crippen LogP contribution < -0.4 is 0 Å². The Morgan fingerprint density at radius 3 is 2.58 bits per heavy atom. The van der Waals surface area contributed by atoms with Crippen molar-refractivity contribution < 1.29 is 5.11 Å². The summed E-state index contributed by atoms with van der Waals surface area (Å²) in [5.41, 5.74) is 2.58. The zero-order valence-electron chi connectivity index (χ0n) is 16.7. The summed E-state index contributed by atoms with van der Waals surface area (Å²) in [5.74, 6) is 4.78. The summed E-state index contributed by atoms with van der Waals surface area (Å²) in [6, 6.07) is 8.29. The Labute approximate surface area is 159 Å².